The predicted octanol–water partition coefficient (Wildman–Crippen LogP) is 1.68. The SMILES string of the molecule is Nc1nc2c(c(C(=O)N3CCC[C@H](c4ccn[nH]4)C3)n1)CCCC2. The number of H-pyrrole nitrogens is 1. The van der Waals surface area contributed by atoms with Gasteiger partial charge in [-0.25, -0.2) is 9.97 Å². The van der Waals surface area contributed by atoms with Gasteiger partial charge in [0, 0.05) is 42.2 Å². The first kappa shape index (κ1) is 15.1. The molecule has 0 bridgehead atoms. The number of hydrogen-bond donors (Lipinski definition) is 2. The molecule has 4 rings (SSSR count). The van der Waals surface area contributed by atoms with Crippen molar-refractivity contribution in [3.63, 3.8) is 0 Å². The first-order valence-corrected chi connectivity index (χ1v) is 8.66. The number of aryl methyl sites for hydroxylation is 1. The van der Waals surface area contributed by atoms with Gasteiger partial charge in [0.2, 0.25) is 5.95 Å². The maximum absolute atomic E-state index is 13.1. The van der Waals surface area contributed by atoms with Gasteiger partial charge in [-0.2, -0.15) is 5.10 Å². The molecule has 3 N–H and O–H groups in total. The summed E-state index contributed by atoms with van der Waals surface area (Å²) in [5.41, 5.74) is 9.42. The highest BCUT2D eigenvalue weighted by Gasteiger charge is 2.30. The summed E-state index contributed by atoms with van der Waals surface area (Å²) in [7, 11) is 0. The zero-order chi connectivity index (χ0) is 16.5. The molecule has 2 aromatic rings. The monoisotopic (exact) mass is 326 g/mol. The van der Waals surface area contributed by atoms with Crippen molar-refractivity contribution in [1.82, 2.24) is 25.1 Å². The molecule has 1 saturated heterocycles. The summed E-state index contributed by atoms with van der Waals surface area (Å²) in [4.78, 5) is 23.6. The number of hydrogen-bond acceptors (Lipinski definition) is 5. The van der Waals surface area contributed by atoms with Crippen molar-refractivity contribution in [2.75, 3.05) is 18.8 Å². The Labute approximate surface area is 140 Å². The van der Waals surface area contributed by atoms with Gasteiger partial charge in [0.1, 0.15) is 5.69 Å². The third-order valence-electron chi connectivity index (χ3n) is 5.07. The summed E-state index contributed by atoms with van der Waals surface area (Å²) in [6.45, 7) is 1.46. The van der Waals surface area contributed by atoms with Crippen LogP contribution in [-0.4, -0.2) is 44.1 Å². The van der Waals surface area contributed by atoms with Gasteiger partial charge in [0.05, 0.1) is 0 Å². The number of piperidine rings is 1. The Kier molecular flexibility index (Phi) is 3.92. The summed E-state index contributed by atoms with van der Waals surface area (Å²) in [6.07, 6.45) is 7.75. The van der Waals surface area contributed by atoms with Gasteiger partial charge in [0.25, 0.3) is 5.91 Å². The number of carbonyl (C=O) groups is 1. The minimum absolute atomic E-state index is 0.00790. The zero-order valence-corrected chi connectivity index (χ0v) is 13.7. The summed E-state index contributed by atoms with van der Waals surface area (Å²) < 4.78 is 0. The van der Waals surface area contributed by atoms with Crippen LogP contribution in [0.25, 0.3) is 0 Å². The van der Waals surface area contributed by atoms with Crippen LogP contribution in [0.3, 0.4) is 0 Å². The second-order valence-electron chi connectivity index (χ2n) is 6.67. The van der Waals surface area contributed by atoms with Crippen molar-refractivity contribution in [3.8, 4) is 0 Å². The number of aromatic nitrogens is 4. The molecule has 7 heteroatoms. The van der Waals surface area contributed by atoms with Crippen molar-refractivity contribution in [1.29, 1.82) is 0 Å². The highest BCUT2D eigenvalue weighted by molar-refractivity contribution is 5.94. The zero-order valence-electron chi connectivity index (χ0n) is 13.7. The number of carbonyl (C=O) groups excluding carboxylic acids is 1. The third kappa shape index (κ3) is 2.74. The fraction of sp³-hybridized carbons (Fsp3) is 0.529. The van der Waals surface area contributed by atoms with Gasteiger partial charge < -0.3 is 10.6 Å². The Morgan fingerprint density at radius 1 is 1.25 bits per heavy atom. The number of nitrogens with two attached hydrogens (primary N) is 1. The maximum Gasteiger partial charge on any atom is 0.272 e. The number of likely N-dealkylation sites (tertiary alicyclic amines) is 1. The standard InChI is InChI=1S/C17H22N6O/c18-17-20-14-6-2-1-5-12(14)15(21-17)16(24)23-9-3-4-11(10-23)13-7-8-19-22-13/h7-8,11H,1-6,9-10H2,(H,19,22)(H2,18,20,21)/t11-/m0/s1. The molecule has 0 radical (unpaired) electrons. The van der Waals surface area contributed by atoms with Crippen LogP contribution < -0.4 is 5.73 Å². The Morgan fingerprint density at radius 2 is 2.12 bits per heavy atom. The molecule has 1 amide bonds. The van der Waals surface area contributed by atoms with E-state index < -0.39 is 0 Å². The summed E-state index contributed by atoms with van der Waals surface area (Å²) in [5, 5.41) is 7.06. The van der Waals surface area contributed by atoms with E-state index in [4.69, 9.17) is 5.73 Å². The molecule has 1 aliphatic heterocycles. The van der Waals surface area contributed by atoms with Crippen LogP contribution in [0.2, 0.25) is 0 Å². The molecule has 2 aromatic heterocycles. The number of anilines is 1. The van der Waals surface area contributed by atoms with Crippen LogP contribution in [0.15, 0.2) is 12.3 Å². The number of aromatic amines is 1. The number of nitrogens with zero attached hydrogens (tertiary/aromatic N) is 4. The van der Waals surface area contributed by atoms with Crippen LogP contribution in [0.4, 0.5) is 5.95 Å². The molecule has 2 aliphatic rings. The molecule has 7 nitrogen and oxygen atoms in total. The summed E-state index contributed by atoms with van der Waals surface area (Å²) >= 11 is 0. The van der Waals surface area contributed by atoms with E-state index in [1.165, 1.54) is 0 Å². The Hall–Kier alpha value is -2.44. The lowest BCUT2D eigenvalue weighted by atomic mass is 9.92. The fourth-order valence-electron chi connectivity index (χ4n) is 3.85. The number of rotatable bonds is 2. The van der Waals surface area contributed by atoms with Crippen LogP contribution in [0.1, 0.15) is 59.0 Å². The van der Waals surface area contributed by atoms with Gasteiger partial charge in [0.15, 0.2) is 0 Å². The summed E-state index contributed by atoms with van der Waals surface area (Å²) in [6, 6.07) is 1.99. The average Bonchev–Trinajstić information content (AvgIpc) is 3.15. The minimum Gasteiger partial charge on any atom is -0.368 e. The Morgan fingerprint density at radius 3 is 2.96 bits per heavy atom. The molecule has 1 atom stereocenters. The molecule has 126 valence electrons. The minimum atomic E-state index is -0.00790. The highest BCUT2D eigenvalue weighted by Crippen LogP contribution is 2.28. The Balaban J connectivity index is 1.60. The normalized spacial score (nSPS) is 20.7. The lowest BCUT2D eigenvalue weighted by Crippen LogP contribution is -2.40. The number of nitrogens with one attached hydrogen (secondary N) is 1. The van der Waals surface area contributed by atoms with E-state index in [0.29, 0.717) is 18.2 Å². The van der Waals surface area contributed by atoms with Crippen LogP contribution >= 0.6 is 0 Å². The molecular formula is C17H22N6O. The largest absolute Gasteiger partial charge is 0.368 e. The first-order valence-electron chi connectivity index (χ1n) is 8.66. The van der Waals surface area contributed by atoms with E-state index >= 15 is 0 Å². The van der Waals surface area contributed by atoms with E-state index in [1.807, 2.05) is 11.0 Å². The van der Waals surface area contributed by atoms with Gasteiger partial charge in [-0.05, 0) is 44.6 Å². The average molecular weight is 326 g/mol. The van der Waals surface area contributed by atoms with Gasteiger partial charge in [-0.15, -0.1) is 0 Å². The smallest absolute Gasteiger partial charge is 0.272 e. The van der Waals surface area contributed by atoms with E-state index in [9.17, 15) is 4.79 Å². The van der Waals surface area contributed by atoms with Crippen molar-refractivity contribution in [3.05, 3.63) is 34.9 Å². The van der Waals surface area contributed by atoms with Crippen LogP contribution in [-0.2, 0) is 12.8 Å². The van der Waals surface area contributed by atoms with Crippen molar-refractivity contribution < 1.29 is 4.79 Å². The van der Waals surface area contributed by atoms with Crippen molar-refractivity contribution in [2.45, 2.75) is 44.4 Å². The number of fused-ring (bicyclic) bond motifs is 1. The van der Waals surface area contributed by atoms with Crippen molar-refractivity contribution in [2.24, 2.45) is 0 Å². The van der Waals surface area contributed by atoms with E-state index in [2.05, 4.69) is 20.2 Å². The van der Waals surface area contributed by atoms with Crippen LogP contribution in [0.5, 0.6) is 0 Å². The lowest BCUT2D eigenvalue weighted by Gasteiger charge is -2.32. The maximum atomic E-state index is 13.1. The molecular weight excluding hydrogens is 304 g/mol. The molecule has 0 unspecified atom stereocenters. The lowest BCUT2D eigenvalue weighted by molar-refractivity contribution is 0.0698. The molecule has 1 fully saturated rings. The van der Waals surface area contributed by atoms with Gasteiger partial charge in [-0.1, -0.05) is 0 Å². The number of nitrogen functional groups attached to an aromatic ring is 1. The van der Waals surface area contributed by atoms with Crippen LogP contribution in [0, 0.1) is 0 Å². The summed E-state index contributed by atoms with van der Waals surface area (Å²) in [5.74, 6) is 0.507. The van der Waals surface area contributed by atoms with E-state index in [-0.39, 0.29) is 11.9 Å². The molecule has 24 heavy (non-hydrogen) atoms. The molecule has 0 spiro atoms. The molecule has 1 aliphatic carbocycles. The molecule has 0 aromatic carbocycles. The molecule has 3 heterocycles. The number of amides is 1. The quantitative estimate of drug-likeness (QED) is 0.874. The van der Waals surface area contributed by atoms with E-state index in [0.717, 1.165) is 62.0 Å². The topological polar surface area (TPSA) is 101 Å². The highest BCUT2D eigenvalue weighted by atomic mass is 16.2. The third-order valence-corrected chi connectivity index (χ3v) is 5.07. The predicted molar refractivity (Wildman–Crippen MR) is 89.6 cm³/mol. The second-order valence-corrected chi connectivity index (χ2v) is 6.67. The van der Waals surface area contributed by atoms with Gasteiger partial charge >= 0.3 is 0 Å². The van der Waals surface area contributed by atoms with E-state index in [1.54, 1.807) is 6.20 Å². The van der Waals surface area contributed by atoms with Gasteiger partial charge in [-0.3, -0.25) is 9.89 Å². The fourth-order valence-corrected chi connectivity index (χ4v) is 3.85. The first-order chi connectivity index (χ1) is 11.7. The second kappa shape index (κ2) is 6.22. The van der Waals surface area contributed by atoms with Crippen molar-refractivity contribution >= 4 is 11.9 Å². The Bertz CT molecular complexity index is 742. The molecule has 0 saturated carbocycles.